The third-order valence-corrected chi connectivity index (χ3v) is 5.80. The molecule has 0 aliphatic heterocycles. The maximum Gasteiger partial charge on any atom is 0.336 e. The maximum absolute atomic E-state index is 13.4. The maximum atomic E-state index is 13.4. The van der Waals surface area contributed by atoms with E-state index in [0.29, 0.717) is 23.5 Å². The lowest BCUT2D eigenvalue weighted by Gasteiger charge is -2.25. The van der Waals surface area contributed by atoms with Gasteiger partial charge in [-0.3, -0.25) is 19.1 Å². The van der Waals surface area contributed by atoms with Gasteiger partial charge in [-0.25, -0.2) is 9.48 Å². The number of anilines is 1. The van der Waals surface area contributed by atoms with Crippen molar-refractivity contribution in [1.82, 2.24) is 14.7 Å². The minimum absolute atomic E-state index is 0.0662. The monoisotopic (exact) mass is 478 g/mol. The smallest absolute Gasteiger partial charge is 0.336 e. The van der Waals surface area contributed by atoms with Crippen LogP contribution >= 0.6 is 0 Å². The zero-order valence-electron chi connectivity index (χ0n) is 20.3. The molecule has 3 rings (SSSR count). The van der Waals surface area contributed by atoms with E-state index < -0.39 is 11.9 Å². The number of aromatic carboxylic acids is 1. The highest BCUT2D eigenvalue weighted by Crippen LogP contribution is 2.22. The van der Waals surface area contributed by atoms with Gasteiger partial charge in [0, 0.05) is 26.1 Å². The van der Waals surface area contributed by atoms with Crippen LogP contribution in [0.15, 0.2) is 59.4 Å². The SMILES string of the molecule is Cc1c(N(C(=O)CCCNC(=O)c2ccccc2C(=O)O)C(C)C)c(=O)n(-c2ccccc2)n1C. The second-order valence-electron chi connectivity index (χ2n) is 8.48. The van der Waals surface area contributed by atoms with E-state index in [4.69, 9.17) is 0 Å². The van der Waals surface area contributed by atoms with Crippen LogP contribution in [-0.4, -0.2) is 44.8 Å². The minimum Gasteiger partial charge on any atom is -0.478 e. The number of nitrogens with one attached hydrogen (secondary N) is 1. The molecule has 0 bridgehead atoms. The Bertz CT molecular complexity index is 1290. The van der Waals surface area contributed by atoms with Crippen molar-refractivity contribution in [2.45, 2.75) is 39.7 Å². The predicted molar refractivity (Wildman–Crippen MR) is 133 cm³/mol. The summed E-state index contributed by atoms with van der Waals surface area (Å²) in [4.78, 5) is 51.8. The number of amides is 2. The molecule has 0 atom stereocenters. The zero-order chi connectivity index (χ0) is 25.7. The molecule has 0 radical (unpaired) electrons. The standard InChI is InChI=1S/C26H30N4O5/c1-17(2)29(23-18(3)28(4)30(25(23)33)19-11-6-5-7-12-19)22(31)15-10-16-27-24(32)20-13-8-9-14-21(20)26(34)35/h5-9,11-14,17H,10,15-16H2,1-4H3,(H,27,32)(H,34,35). The highest BCUT2D eigenvalue weighted by Gasteiger charge is 2.28. The van der Waals surface area contributed by atoms with E-state index in [0.717, 1.165) is 0 Å². The number of carboxylic acid groups (broad SMARTS) is 1. The molecule has 35 heavy (non-hydrogen) atoms. The van der Waals surface area contributed by atoms with E-state index in [2.05, 4.69) is 5.32 Å². The Labute approximate surface area is 203 Å². The highest BCUT2D eigenvalue weighted by atomic mass is 16.4. The number of rotatable bonds is 9. The van der Waals surface area contributed by atoms with Gasteiger partial charge in [0.25, 0.3) is 11.5 Å². The van der Waals surface area contributed by atoms with Crippen LogP contribution in [-0.2, 0) is 11.8 Å². The Morgan fingerprint density at radius 1 is 1.00 bits per heavy atom. The van der Waals surface area contributed by atoms with Gasteiger partial charge in [0.2, 0.25) is 5.91 Å². The number of hydrogen-bond acceptors (Lipinski definition) is 4. The van der Waals surface area contributed by atoms with Crippen LogP contribution in [0, 0.1) is 6.92 Å². The molecular formula is C26H30N4O5. The number of benzene rings is 2. The first-order valence-electron chi connectivity index (χ1n) is 11.4. The van der Waals surface area contributed by atoms with Gasteiger partial charge in [-0.1, -0.05) is 30.3 Å². The summed E-state index contributed by atoms with van der Waals surface area (Å²) in [6, 6.07) is 14.9. The van der Waals surface area contributed by atoms with Crippen LogP contribution < -0.4 is 15.8 Å². The minimum atomic E-state index is -1.18. The summed E-state index contributed by atoms with van der Waals surface area (Å²) in [6.45, 7) is 5.69. The fourth-order valence-corrected chi connectivity index (χ4v) is 4.03. The molecule has 0 aliphatic carbocycles. The summed E-state index contributed by atoms with van der Waals surface area (Å²) >= 11 is 0. The van der Waals surface area contributed by atoms with Crippen LogP contribution in [0.2, 0.25) is 0 Å². The molecule has 9 nitrogen and oxygen atoms in total. The third kappa shape index (κ3) is 5.34. The van der Waals surface area contributed by atoms with Gasteiger partial charge in [-0.05, 0) is 51.5 Å². The quantitative estimate of drug-likeness (QED) is 0.459. The number of carbonyl (C=O) groups is 3. The second-order valence-corrected chi connectivity index (χ2v) is 8.48. The first-order valence-corrected chi connectivity index (χ1v) is 11.4. The first kappa shape index (κ1) is 25.5. The van der Waals surface area contributed by atoms with Crippen molar-refractivity contribution in [3.63, 3.8) is 0 Å². The van der Waals surface area contributed by atoms with E-state index in [-0.39, 0.29) is 41.6 Å². The topological polar surface area (TPSA) is 114 Å². The number of carbonyl (C=O) groups excluding carboxylic acids is 2. The molecule has 0 spiro atoms. The van der Waals surface area contributed by atoms with E-state index in [1.54, 1.807) is 30.8 Å². The summed E-state index contributed by atoms with van der Waals surface area (Å²) in [7, 11) is 1.78. The Morgan fingerprint density at radius 2 is 1.60 bits per heavy atom. The average Bonchev–Trinajstić information content (AvgIpc) is 3.05. The molecule has 3 aromatic rings. The highest BCUT2D eigenvalue weighted by molar-refractivity contribution is 6.04. The van der Waals surface area contributed by atoms with Crippen LogP contribution in [0.25, 0.3) is 5.69 Å². The van der Waals surface area contributed by atoms with Crippen LogP contribution in [0.5, 0.6) is 0 Å². The van der Waals surface area contributed by atoms with Gasteiger partial charge in [-0.2, -0.15) is 0 Å². The van der Waals surface area contributed by atoms with Crippen LogP contribution in [0.4, 0.5) is 5.69 Å². The molecule has 0 fully saturated rings. The van der Waals surface area contributed by atoms with Crippen molar-refractivity contribution >= 4 is 23.5 Å². The normalized spacial score (nSPS) is 10.9. The Morgan fingerprint density at radius 3 is 2.20 bits per heavy atom. The van der Waals surface area contributed by atoms with Crippen molar-refractivity contribution in [2.75, 3.05) is 11.4 Å². The molecule has 9 heteroatoms. The fraction of sp³-hybridized carbons (Fsp3) is 0.308. The molecular weight excluding hydrogens is 448 g/mol. The molecule has 1 aromatic heterocycles. The van der Waals surface area contributed by atoms with Gasteiger partial charge in [-0.15, -0.1) is 0 Å². The third-order valence-electron chi connectivity index (χ3n) is 5.80. The number of nitrogens with zero attached hydrogens (tertiary/aromatic N) is 3. The van der Waals surface area contributed by atoms with Crippen molar-refractivity contribution in [1.29, 1.82) is 0 Å². The van der Waals surface area contributed by atoms with Crippen molar-refractivity contribution < 1.29 is 19.5 Å². The van der Waals surface area contributed by atoms with Crippen LogP contribution in [0.3, 0.4) is 0 Å². The molecule has 1 heterocycles. The lowest BCUT2D eigenvalue weighted by molar-refractivity contribution is -0.119. The summed E-state index contributed by atoms with van der Waals surface area (Å²) in [5.41, 5.74) is 1.40. The molecule has 184 valence electrons. The molecule has 2 aromatic carbocycles. The van der Waals surface area contributed by atoms with Crippen LogP contribution in [0.1, 0.15) is 53.1 Å². The second kappa shape index (κ2) is 10.9. The fourth-order valence-electron chi connectivity index (χ4n) is 4.03. The lowest BCUT2D eigenvalue weighted by Crippen LogP contribution is -2.40. The van der Waals surface area contributed by atoms with Crippen molar-refractivity contribution in [3.8, 4) is 5.69 Å². The van der Waals surface area contributed by atoms with Gasteiger partial charge in [0.05, 0.1) is 22.5 Å². The number of para-hydroxylation sites is 1. The molecule has 2 N–H and O–H groups in total. The van der Waals surface area contributed by atoms with E-state index in [1.165, 1.54) is 21.7 Å². The van der Waals surface area contributed by atoms with Gasteiger partial charge >= 0.3 is 5.97 Å². The predicted octanol–water partition coefficient (Wildman–Crippen LogP) is 3.13. The number of aromatic nitrogens is 2. The molecule has 0 aliphatic rings. The van der Waals surface area contributed by atoms with E-state index in [9.17, 15) is 24.3 Å². The number of carboxylic acids is 1. The van der Waals surface area contributed by atoms with E-state index >= 15 is 0 Å². The largest absolute Gasteiger partial charge is 0.478 e. The summed E-state index contributed by atoms with van der Waals surface area (Å²) in [5, 5.41) is 11.9. The summed E-state index contributed by atoms with van der Waals surface area (Å²) in [5.74, 6) is -1.93. The molecule has 0 saturated heterocycles. The Kier molecular flexibility index (Phi) is 7.91. The van der Waals surface area contributed by atoms with E-state index in [1.807, 2.05) is 44.2 Å². The Balaban J connectivity index is 1.73. The summed E-state index contributed by atoms with van der Waals surface area (Å²) < 4.78 is 3.27. The Hall–Kier alpha value is -4.14. The average molecular weight is 479 g/mol. The molecule has 0 saturated carbocycles. The van der Waals surface area contributed by atoms with Gasteiger partial charge in [0.15, 0.2) is 0 Å². The van der Waals surface area contributed by atoms with Crippen molar-refractivity contribution in [3.05, 3.63) is 81.8 Å². The zero-order valence-corrected chi connectivity index (χ0v) is 20.3. The van der Waals surface area contributed by atoms with Crippen molar-refractivity contribution in [2.24, 2.45) is 7.05 Å². The summed E-state index contributed by atoms with van der Waals surface area (Å²) in [6.07, 6.45) is 0.444. The molecule has 0 unspecified atom stereocenters. The van der Waals surface area contributed by atoms with Gasteiger partial charge < -0.3 is 15.3 Å². The molecule has 2 amide bonds. The lowest BCUT2D eigenvalue weighted by atomic mass is 10.1. The number of hydrogen-bond donors (Lipinski definition) is 2. The first-order chi connectivity index (χ1) is 16.6. The van der Waals surface area contributed by atoms with Gasteiger partial charge in [0.1, 0.15) is 5.69 Å².